The Labute approximate surface area is 138 Å². The summed E-state index contributed by atoms with van der Waals surface area (Å²) in [4.78, 5) is 12.3. The van der Waals surface area contributed by atoms with Crippen molar-refractivity contribution in [3.05, 3.63) is 29.8 Å². The lowest BCUT2D eigenvalue weighted by atomic mass is 9.67. The average molecular weight is 316 g/mol. The van der Waals surface area contributed by atoms with Crippen LogP contribution in [0.4, 0.5) is 0 Å². The molecule has 2 fully saturated rings. The van der Waals surface area contributed by atoms with Crippen molar-refractivity contribution >= 4 is 5.91 Å². The Morgan fingerprint density at radius 3 is 2.74 bits per heavy atom. The third-order valence-corrected chi connectivity index (χ3v) is 5.29. The van der Waals surface area contributed by atoms with E-state index in [1.807, 2.05) is 31.2 Å². The van der Waals surface area contributed by atoms with Crippen LogP contribution < -0.4 is 15.8 Å². The summed E-state index contributed by atoms with van der Waals surface area (Å²) in [6.45, 7) is 2.46. The van der Waals surface area contributed by atoms with Crippen molar-refractivity contribution < 1.29 is 9.53 Å². The number of hydrogen-bond acceptors (Lipinski definition) is 3. The maximum Gasteiger partial charge on any atom is 0.223 e. The predicted molar refractivity (Wildman–Crippen MR) is 91.3 cm³/mol. The highest BCUT2D eigenvalue weighted by molar-refractivity contribution is 5.76. The zero-order chi connectivity index (χ0) is 16.2. The highest BCUT2D eigenvalue weighted by atomic mass is 16.5. The maximum absolute atomic E-state index is 12.3. The molecule has 1 aromatic rings. The van der Waals surface area contributed by atoms with Gasteiger partial charge in [0, 0.05) is 12.1 Å². The van der Waals surface area contributed by atoms with Gasteiger partial charge in [-0.3, -0.25) is 4.79 Å². The highest BCUT2D eigenvalue weighted by Gasteiger charge is 2.39. The molecule has 2 atom stereocenters. The first kappa shape index (κ1) is 16.3. The first-order valence-electron chi connectivity index (χ1n) is 8.86. The molecule has 0 saturated heterocycles. The normalized spacial score (nSPS) is 29.8. The van der Waals surface area contributed by atoms with Gasteiger partial charge in [-0.2, -0.15) is 0 Å². The third-order valence-electron chi connectivity index (χ3n) is 5.29. The lowest BCUT2D eigenvalue weighted by Crippen LogP contribution is -2.53. The number of benzene rings is 1. The van der Waals surface area contributed by atoms with Crippen LogP contribution in [0.2, 0.25) is 0 Å². The molecule has 1 amide bonds. The monoisotopic (exact) mass is 316 g/mol. The van der Waals surface area contributed by atoms with Gasteiger partial charge in [0.05, 0.1) is 13.0 Å². The molecule has 2 aliphatic rings. The number of carbonyl (C=O) groups is 1. The number of ether oxygens (including phenoxy) is 1. The first-order valence-corrected chi connectivity index (χ1v) is 8.86. The number of hydrogen-bond donors (Lipinski definition) is 2. The number of rotatable bonds is 5. The zero-order valence-corrected chi connectivity index (χ0v) is 14.0. The molecule has 23 heavy (non-hydrogen) atoms. The lowest BCUT2D eigenvalue weighted by molar-refractivity contribution is -0.123. The van der Waals surface area contributed by atoms with Crippen molar-refractivity contribution in [2.24, 2.45) is 17.6 Å². The van der Waals surface area contributed by atoms with E-state index in [1.165, 1.54) is 24.8 Å². The highest BCUT2D eigenvalue weighted by Crippen LogP contribution is 2.39. The van der Waals surface area contributed by atoms with Crippen molar-refractivity contribution in [2.75, 3.05) is 6.61 Å². The molecule has 4 nitrogen and oxygen atoms in total. The molecule has 2 bridgehead atoms. The van der Waals surface area contributed by atoms with Crippen molar-refractivity contribution in [1.29, 1.82) is 0 Å². The summed E-state index contributed by atoms with van der Waals surface area (Å²) in [5.41, 5.74) is 7.31. The molecule has 126 valence electrons. The Bertz CT molecular complexity index is 532. The van der Waals surface area contributed by atoms with E-state index < -0.39 is 0 Å². The molecule has 2 unspecified atom stereocenters. The lowest BCUT2D eigenvalue weighted by Gasteiger charge is -2.45. The number of nitrogens with two attached hydrogens (primary N) is 1. The van der Waals surface area contributed by atoms with Crippen LogP contribution in [0.5, 0.6) is 5.75 Å². The maximum atomic E-state index is 12.3. The van der Waals surface area contributed by atoms with Gasteiger partial charge < -0.3 is 15.8 Å². The summed E-state index contributed by atoms with van der Waals surface area (Å²) >= 11 is 0. The van der Waals surface area contributed by atoms with Crippen LogP contribution >= 0.6 is 0 Å². The van der Waals surface area contributed by atoms with Gasteiger partial charge >= 0.3 is 0 Å². The van der Waals surface area contributed by atoms with E-state index in [0.717, 1.165) is 18.6 Å². The zero-order valence-electron chi connectivity index (χ0n) is 14.0. The van der Waals surface area contributed by atoms with E-state index >= 15 is 0 Å². The Hall–Kier alpha value is -1.55. The van der Waals surface area contributed by atoms with Crippen molar-refractivity contribution in [1.82, 2.24) is 5.32 Å². The topological polar surface area (TPSA) is 64.3 Å². The summed E-state index contributed by atoms with van der Waals surface area (Å²) in [5.74, 6) is 2.08. The summed E-state index contributed by atoms with van der Waals surface area (Å²) in [6.07, 6.45) is 6.22. The molecule has 3 rings (SSSR count). The molecule has 2 saturated carbocycles. The molecule has 2 aliphatic carbocycles. The van der Waals surface area contributed by atoms with E-state index in [1.54, 1.807) is 0 Å². The van der Waals surface area contributed by atoms with E-state index in [9.17, 15) is 4.79 Å². The second kappa shape index (κ2) is 7.35. The first-order chi connectivity index (χ1) is 11.1. The van der Waals surface area contributed by atoms with Crippen LogP contribution in [-0.2, 0) is 4.79 Å². The second-order valence-corrected chi connectivity index (χ2v) is 7.19. The number of nitrogens with one attached hydrogen (secondary N) is 1. The fraction of sp³-hybridized carbons (Fsp3) is 0.632. The fourth-order valence-electron chi connectivity index (χ4n) is 4.25. The number of fused-ring (bicyclic) bond motifs is 2. The van der Waals surface area contributed by atoms with Gasteiger partial charge in [0.25, 0.3) is 0 Å². The van der Waals surface area contributed by atoms with Crippen LogP contribution in [-0.4, -0.2) is 24.6 Å². The van der Waals surface area contributed by atoms with Crippen LogP contribution in [0, 0.1) is 18.8 Å². The van der Waals surface area contributed by atoms with Crippen molar-refractivity contribution in [2.45, 2.75) is 57.5 Å². The molecule has 3 N–H and O–H groups in total. The smallest absolute Gasteiger partial charge is 0.223 e. The third kappa shape index (κ3) is 4.25. The predicted octanol–water partition coefficient (Wildman–Crippen LogP) is 2.79. The van der Waals surface area contributed by atoms with Crippen LogP contribution in [0.25, 0.3) is 0 Å². The van der Waals surface area contributed by atoms with E-state index in [-0.39, 0.29) is 5.91 Å². The minimum Gasteiger partial charge on any atom is -0.493 e. The molecular formula is C19H28N2O2. The summed E-state index contributed by atoms with van der Waals surface area (Å²) < 4.78 is 5.68. The molecule has 1 aromatic carbocycles. The van der Waals surface area contributed by atoms with E-state index in [0.29, 0.717) is 36.9 Å². The second-order valence-electron chi connectivity index (χ2n) is 7.19. The summed E-state index contributed by atoms with van der Waals surface area (Å²) in [7, 11) is 0. The Morgan fingerprint density at radius 2 is 2.04 bits per heavy atom. The minimum atomic E-state index is 0.107. The molecule has 0 spiro atoms. The minimum absolute atomic E-state index is 0.107. The van der Waals surface area contributed by atoms with Crippen LogP contribution in [0.3, 0.4) is 0 Å². The standard InChI is InChI=1S/C19H28N2O2/c1-13-4-2-7-17(10-13)23-9-8-18(22)21-19-14-5-3-6-15(19)12-16(20)11-14/h2,4,7,10,14-16,19H,3,5-6,8-9,11-12,20H2,1H3,(H,21,22). The molecular weight excluding hydrogens is 288 g/mol. The molecule has 0 aromatic heterocycles. The van der Waals surface area contributed by atoms with Gasteiger partial charge in [-0.25, -0.2) is 0 Å². The molecule has 0 radical (unpaired) electrons. The molecule has 4 heteroatoms. The summed E-state index contributed by atoms with van der Waals surface area (Å²) in [6, 6.07) is 8.57. The Kier molecular flexibility index (Phi) is 5.21. The number of carbonyl (C=O) groups excluding carboxylic acids is 1. The number of amides is 1. The van der Waals surface area contributed by atoms with E-state index in [2.05, 4.69) is 5.32 Å². The van der Waals surface area contributed by atoms with Gasteiger partial charge in [-0.05, 0) is 62.1 Å². The SMILES string of the molecule is Cc1cccc(OCCC(=O)NC2C3CCCC2CC(N)C3)c1. The Morgan fingerprint density at radius 1 is 1.30 bits per heavy atom. The fourth-order valence-corrected chi connectivity index (χ4v) is 4.25. The number of aryl methyl sites for hydroxylation is 1. The van der Waals surface area contributed by atoms with Gasteiger partial charge in [0.2, 0.25) is 5.91 Å². The van der Waals surface area contributed by atoms with Crippen molar-refractivity contribution in [3.63, 3.8) is 0 Å². The molecule has 0 aliphatic heterocycles. The molecule has 0 heterocycles. The quantitative estimate of drug-likeness (QED) is 0.878. The van der Waals surface area contributed by atoms with Gasteiger partial charge in [-0.15, -0.1) is 0 Å². The van der Waals surface area contributed by atoms with Gasteiger partial charge in [-0.1, -0.05) is 18.6 Å². The van der Waals surface area contributed by atoms with Gasteiger partial charge in [0.1, 0.15) is 5.75 Å². The summed E-state index contributed by atoms with van der Waals surface area (Å²) in [5, 5.41) is 3.26. The average Bonchev–Trinajstić information content (AvgIpc) is 2.48. The Balaban J connectivity index is 1.46. The largest absolute Gasteiger partial charge is 0.493 e. The van der Waals surface area contributed by atoms with Gasteiger partial charge in [0.15, 0.2) is 0 Å². The van der Waals surface area contributed by atoms with E-state index in [4.69, 9.17) is 10.5 Å². The van der Waals surface area contributed by atoms with Crippen molar-refractivity contribution in [3.8, 4) is 5.75 Å². The van der Waals surface area contributed by atoms with Crippen LogP contribution in [0.1, 0.15) is 44.1 Å². The van der Waals surface area contributed by atoms with Crippen LogP contribution in [0.15, 0.2) is 24.3 Å².